The lowest BCUT2D eigenvalue weighted by atomic mass is 9.95. The molecule has 2 aromatic carbocycles. The van der Waals surface area contributed by atoms with Crippen LogP contribution in [0.1, 0.15) is 18.4 Å². The number of hydrogen-bond donors (Lipinski definition) is 1. The molecule has 2 nitrogen and oxygen atoms in total. The summed E-state index contributed by atoms with van der Waals surface area (Å²) in [6, 6.07) is 15.5. The van der Waals surface area contributed by atoms with Crippen LogP contribution in [0.25, 0.3) is 0 Å². The van der Waals surface area contributed by atoms with Gasteiger partial charge in [-0.3, -0.25) is 4.79 Å². The molecule has 4 heteroatoms. The first kappa shape index (κ1) is 13.9. The van der Waals surface area contributed by atoms with Gasteiger partial charge in [0.15, 0.2) is 0 Å². The largest absolute Gasteiger partial charge is 0.324 e. The van der Waals surface area contributed by atoms with Crippen LogP contribution in [0.4, 0.5) is 5.69 Å². The van der Waals surface area contributed by atoms with E-state index in [1.807, 2.05) is 42.5 Å². The summed E-state index contributed by atoms with van der Waals surface area (Å²) in [6.07, 6.45) is 1.82. The number of hydrogen-bond acceptors (Lipinski definition) is 1. The molecular formula is C16H13ClINO. The van der Waals surface area contributed by atoms with Crippen LogP contribution in [-0.4, -0.2) is 5.91 Å². The monoisotopic (exact) mass is 397 g/mol. The van der Waals surface area contributed by atoms with Gasteiger partial charge in [-0.05, 0) is 59.2 Å². The Bertz CT molecular complexity index is 653. The van der Waals surface area contributed by atoms with Crippen molar-refractivity contribution in [2.75, 3.05) is 5.32 Å². The van der Waals surface area contributed by atoms with Crippen LogP contribution in [0, 0.1) is 3.57 Å². The topological polar surface area (TPSA) is 29.1 Å². The first-order chi connectivity index (χ1) is 9.62. The molecule has 1 fully saturated rings. The van der Waals surface area contributed by atoms with Crippen LogP contribution in [-0.2, 0) is 10.2 Å². The Morgan fingerprint density at radius 2 is 1.85 bits per heavy atom. The minimum atomic E-state index is -0.343. The molecule has 102 valence electrons. The Morgan fingerprint density at radius 1 is 1.15 bits per heavy atom. The first-order valence-electron chi connectivity index (χ1n) is 6.44. The van der Waals surface area contributed by atoms with E-state index in [0.717, 1.165) is 27.7 Å². The van der Waals surface area contributed by atoms with E-state index in [1.165, 1.54) is 0 Å². The minimum absolute atomic E-state index is 0.0731. The van der Waals surface area contributed by atoms with Gasteiger partial charge in [0.1, 0.15) is 0 Å². The SMILES string of the molecule is O=C(Nc1ccc(Cl)cc1I)C1(c2ccccc2)CC1. The second-order valence-corrected chi connectivity index (χ2v) is 6.63. The molecule has 1 aliphatic rings. The summed E-state index contributed by atoms with van der Waals surface area (Å²) in [7, 11) is 0. The highest BCUT2D eigenvalue weighted by molar-refractivity contribution is 14.1. The predicted molar refractivity (Wildman–Crippen MR) is 90.2 cm³/mol. The molecule has 1 aliphatic carbocycles. The number of halogens is 2. The van der Waals surface area contributed by atoms with E-state index in [4.69, 9.17) is 11.6 Å². The Hall–Kier alpha value is -1.07. The summed E-state index contributed by atoms with van der Waals surface area (Å²) in [5.74, 6) is 0.0731. The van der Waals surface area contributed by atoms with Crippen LogP contribution in [0.2, 0.25) is 5.02 Å². The molecule has 0 radical (unpaired) electrons. The van der Waals surface area contributed by atoms with Gasteiger partial charge in [-0.25, -0.2) is 0 Å². The highest BCUT2D eigenvalue weighted by Gasteiger charge is 2.51. The average Bonchev–Trinajstić information content (AvgIpc) is 3.24. The smallest absolute Gasteiger partial charge is 0.235 e. The van der Waals surface area contributed by atoms with Gasteiger partial charge in [-0.2, -0.15) is 0 Å². The number of rotatable bonds is 3. The van der Waals surface area contributed by atoms with Crippen molar-refractivity contribution in [3.8, 4) is 0 Å². The maximum Gasteiger partial charge on any atom is 0.235 e. The molecule has 0 aromatic heterocycles. The fourth-order valence-corrected chi connectivity index (χ4v) is 3.37. The normalized spacial score (nSPS) is 15.7. The molecule has 0 spiro atoms. The van der Waals surface area contributed by atoms with Gasteiger partial charge in [-0.15, -0.1) is 0 Å². The molecule has 2 aromatic rings. The third-order valence-corrected chi connectivity index (χ3v) is 4.82. The molecular weight excluding hydrogens is 385 g/mol. The fraction of sp³-hybridized carbons (Fsp3) is 0.188. The molecule has 1 amide bonds. The lowest BCUT2D eigenvalue weighted by molar-refractivity contribution is -0.118. The summed E-state index contributed by atoms with van der Waals surface area (Å²) in [5, 5.41) is 3.71. The Labute approximate surface area is 136 Å². The number of benzene rings is 2. The molecule has 0 saturated heterocycles. The minimum Gasteiger partial charge on any atom is -0.324 e. The van der Waals surface area contributed by atoms with Crippen LogP contribution in [0.3, 0.4) is 0 Å². The molecule has 20 heavy (non-hydrogen) atoms. The Balaban J connectivity index is 1.83. The molecule has 0 aliphatic heterocycles. The van der Waals surface area contributed by atoms with Gasteiger partial charge in [0, 0.05) is 8.59 Å². The molecule has 0 heterocycles. The quantitative estimate of drug-likeness (QED) is 0.753. The summed E-state index contributed by atoms with van der Waals surface area (Å²) < 4.78 is 0.951. The van der Waals surface area contributed by atoms with Crippen molar-refractivity contribution >= 4 is 45.8 Å². The maximum atomic E-state index is 12.6. The average molecular weight is 398 g/mol. The molecule has 3 rings (SSSR count). The van der Waals surface area contributed by atoms with Gasteiger partial charge < -0.3 is 5.32 Å². The molecule has 1 N–H and O–H groups in total. The summed E-state index contributed by atoms with van der Waals surface area (Å²) in [4.78, 5) is 12.6. The van der Waals surface area contributed by atoms with Crippen LogP contribution in [0.5, 0.6) is 0 Å². The van der Waals surface area contributed by atoms with Gasteiger partial charge in [0.2, 0.25) is 5.91 Å². The third-order valence-electron chi connectivity index (χ3n) is 3.69. The van der Waals surface area contributed by atoms with Crippen molar-refractivity contribution in [3.05, 3.63) is 62.7 Å². The van der Waals surface area contributed by atoms with E-state index in [-0.39, 0.29) is 11.3 Å². The molecule has 0 bridgehead atoms. The number of anilines is 1. The Kier molecular flexibility index (Phi) is 3.73. The van der Waals surface area contributed by atoms with Crippen molar-refractivity contribution in [1.82, 2.24) is 0 Å². The fourth-order valence-electron chi connectivity index (χ4n) is 2.36. The van der Waals surface area contributed by atoms with E-state index in [2.05, 4.69) is 27.9 Å². The highest BCUT2D eigenvalue weighted by Crippen LogP contribution is 2.49. The standard InChI is InChI=1S/C16H13ClINO/c17-12-6-7-14(13(18)10-12)19-15(20)16(8-9-16)11-4-2-1-3-5-11/h1-7,10H,8-9H2,(H,19,20). The lowest BCUT2D eigenvalue weighted by Gasteiger charge is -2.16. The molecule has 1 saturated carbocycles. The van der Waals surface area contributed by atoms with Crippen molar-refractivity contribution in [3.63, 3.8) is 0 Å². The Morgan fingerprint density at radius 3 is 2.45 bits per heavy atom. The zero-order chi connectivity index (χ0) is 14.2. The van der Waals surface area contributed by atoms with Gasteiger partial charge in [-0.1, -0.05) is 41.9 Å². The van der Waals surface area contributed by atoms with Crippen molar-refractivity contribution in [2.24, 2.45) is 0 Å². The number of nitrogens with one attached hydrogen (secondary N) is 1. The van der Waals surface area contributed by atoms with Crippen LogP contribution in [0.15, 0.2) is 48.5 Å². The number of amides is 1. The van der Waals surface area contributed by atoms with E-state index in [9.17, 15) is 4.79 Å². The van der Waals surface area contributed by atoms with E-state index in [1.54, 1.807) is 6.07 Å². The van der Waals surface area contributed by atoms with Gasteiger partial charge >= 0.3 is 0 Å². The number of carbonyl (C=O) groups is 1. The summed E-state index contributed by atoms with van der Waals surface area (Å²) in [5.41, 5.74) is 1.58. The highest BCUT2D eigenvalue weighted by atomic mass is 127. The predicted octanol–water partition coefficient (Wildman–Crippen LogP) is 4.61. The van der Waals surface area contributed by atoms with Gasteiger partial charge in [0.05, 0.1) is 11.1 Å². The molecule has 0 atom stereocenters. The van der Waals surface area contributed by atoms with Crippen molar-refractivity contribution in [1.29, 1.82) is 0 Å². The van der Waals surface area contributed by atoms with Crippen molar-refractivity contribution in [2.45, 2.75) is 18.3 Å². The zero-order valence-corrected chi connectivity index (χ0v) is 13.6. The summed E-state index contributed by atoms with van der Waals surface area (Å²) >= 11 is 8.12. The van der Waals surface area contributed by atoms with Crippen molar-refractivity contribution < 1.29 is 4.79 Å². The lowest BCUT2D eigenvalue weighted by Crippen LogP contribution is -2.28. The second-order valence-electron chi connectivity index (χ2n) is 5.03. The maximum absolute atomic E-state index is 12.6. The molecule has 0 unspecified atom stereocenters. The summed E-state index contributed by atoms with van der Waals surface area (Å²) in [6.45, 7) is 0. The van der Waals surface area contributed by atoms with E-state index >= 15 is 0 Å². The van der Waals surface area contributed by atoms with E-state index < -0.39 is 0 Å². The van der Waals surface area contributed by atoms with Gasteiger partial charge in [0.25, 0.3) is 0 Å². The zero-order valence-electron chi connectivity index (χ0n) is 10.7. The third kappa shape index (κ3) is 2.56. The van der Waals surface area contributed by atoms with Crippen LogP contribution < -0.4 is 5.32 Å². The first-order valence-corrected chi connectivity index (χ1v) is 7.89. The second kappa shape index (κ2) is 5.37. The number of carbonyl (C=O) groups excluding carboxylic acids is 1. The van der Waals surface area contributed by atoms with Crippen LogP contribution >= 0.6 is 34.2 Å². The van der Waals surface area contributed by atoms with E-state index in [0.29, 0.717) is 5.02 Å².